The Morgan fingerprint density at radius 3 is 2.32 bits per heavy atom. The predicted molar refractivity (Wildman–Crippen MR) is 93.8 cm³/mol. The maximum absolute atomic E-state index is 5.89. The van der Waals surface area contributed by atoms with Gasteiger partial charge in [-0.2, -0.15) is 0 Å². The standard InChI is InChI=1S/C17H23ClN4/c1-12-20-15(11-16(21-12)22-17(2,3)4)19-10-9-13-5-7-14(18)8-6-13/h5-8,11H,9-10H2,1-4H3,(H2,19,20,21,22). The van der Waals surface area contributed by atoms with Crippen molar-refractivity contribution in [2.45, 2.75) is 39.7 Å². The molecule has 0 amide bonds. The van der Waals surface area contributed by atoms with Crippen LogP contribution in [0.1, 0.15) is 32.2 Å². The van der Waals surface area contributed by atoms with Crippen molar-refractivity contribution in [1.82, 2.24) is 9.97 Å². The number of halogens is 1. The summed E-state index contributed by atoms with van der Waals surface area (Å²) in [5.41, 5.74) is 1.22. The summed E-state index contributed by atoms with van der Waals surface area (Å²) in [4.78, 5) is 8.84. The quantitative estimate of drug-likeness (QED) is 0.862. The molecule has 2 rings (SSSR count). The molecule has 0 spiro atoms. The molecule has 2 N–H and O–H groups in total. The van der Waals surface area contributed by atoms with Gasteiger partial charge in [-0.1, -0.05) is 23.7 Å². The van der Waals surface area contributed by atoms with Crippen molar-refractivity contribution in [3.05, 3.63) is 46.7 Å². The minimum absolute atomic E-state index is 0.0264. The van der Waals surface area contributed by atoms with Crippen molar-refractivity contribution in [3.63, 3.8) is 0 Å². The second-order valence-corrected chi connectivity index (χ2v) is 6.80. The molecular weight excluding hydrogens is 296 g/mol. The lowest BCUT2D eigenvalue weighted by atomic mass is 10.1. The molecule has 0 unspecified atom stereocenters. The molecule has 1 aromatic heterocycles. The van der Waals surface area contributed by atoms with Gasteiger partial charge in [0.15, 0.2) is 0 Å². The van der Waals surface area contributed by atoms with Gasteiger partial charge in [-0.3, -0.25) is 0 Å². The van der Waals surface area contributed by atoms with E-state index in [1.807, 2.05) is 37.3 Å². The van der Waals surface area contributed by atoms with E-state index in [2.05, 4.69) is 41.4 Å². The van der Waals surface area contributed by atoms with Gasteiger partial charge in [0, 0.05) is 23.2 Å². The van der Waals surface area contributed by atoms with Crippen LogP contribution >= 0.6 is 11.6 Å². The molecule has 0 atom stereocenters. The zero-order valence-corrected chi connectivity index (χ0v) is 14.3. The number of benzene rings is 1. The van der Waals surface area contributed by atoms with E-state index < -0.39 is 0 Å². The fourth-order valence-electron chi connectivity index (χ4n) is 2.09. The minimum atomic E-state index is -0.0264. The maximum atomic E-state index is 5.89. The van der Waals surface area contributed by atoms with Gasteiger partial charge in [-0.05, 0) is 51.8 Å². The summed E-state index contributed by atoms with van der Waals surface area (Å²) in [6.07, 6.45) is 0.919. The number of anilines is 2. The van der Waals surface area contributed by atoms with Gasteiger partial charge in [0.1, 0.15) is 17.5 Å². The molecule has 22 heavy (non-hydrogen) atoms. The van der Waals surface area contributed by atoms with E-state index in [1.54, 1.807) is 0 Å². The normalized spacial score (nSPS) is 11.3. The number of nitrogens with one attached hydrogen (secondary N) is 2. The SMILES string of the molecule is Cc1nc(NCCc2ccc(Cl)cc2)cc(NC(C)(C)C)n1. The predicted octanol–water partition coefficient (Wildman–Crippen LogP) is 4.30. The van der Waals surface area contributed by atoms with Gasteiger partial charge in [0.25, 0.3) is 0 Å². The van der Waals surface area contributed by atoms with Crippen LogP contribution in [0.2, 0.25) is 5.02 Å². The average Bonchev–Trinajstić information content (AvgIpc) is 2.38. The molecule has 118 valence electrons. The molecule has 0 radical (unpaired) electrons. The first-order chi connectivity index (χ1) is 10.3. The lowest BCUT2D eigenvalue weighted by Gasteiger charge is -2.21. The Labute approximate surface area is 137 Å². The highest BCUT2D eigenvalue weighted by molar-refractivity contribution is 6.30. The molecule has 4 nitrogen and oxygen atoms in total. The van der Waals surface area contributed by atoms with Crippen molar-refractivity contribution in [2.75, 3.05) is 17.2 Å². The molecule has 0 aliphatic rings. The second kappa shape index (κ2) is 6.97. The Bertz CT molecular complexity index is 618. The van der Waals surface area contributed by atoms with E-state index in [1.165, 1.54) is 5.56 Å². The summed E-state index contributed by atoms with van der Waals surface area (Å²) >= 11 is 5.89. The van der Waals surface area contributed by atoms with E-state index in [0.29, 0.717) is 0 Å². The summed E-state index contributed by atoms with van der Waals surface area (Å²) in [5, 5.41) is 7.49. The van der Waals surface area contributed by atoms with Crippen LogP contribution in [0.25, 0.3) is 0 Å². The van der Waals surface area contributed by atoms with Crippen LogP contribution < -0.4 is 10.6 Å². The summed E-state index contributed by atoms with van der Waals surface area (Å²) in [6, 6.07) is 9.86. The first-order valence-electron chi connectivity index (χ1n) is 7.44. The van der Waals surface area contributed by atoms with Crippen molar-refractivity contribution in [2.24, 2.45) is 0 Å². The van der Waals surface area contributed by atoms with Gasteiger partial charge in [-0.15, -0.1) is 0 Å². The molecule has 0 saturated carbocycles. The fourth-order valence-corrected chi connectivity index (χ4v) is 2.22. The molecule has 5 heteroatoms. The third kappa shape index (κ3) is 5.53. The van der Waals surface area contributed by atoms with Crippen LogP contribution in [0.4, 0.5) is 11.6 Å². The second-order valence-electron chi connectivity index (χ2n) is 6.36. The van der Waals surface area contributed by atoms with E-state index in [9.17, 15) is 0 Å². The Morgan fingerprint density at radius 2 is 1.68 bits per heavy atom. The molecule has 0 aliphatic heterocycles. The fraction of sp³-hybridized carbons (Fsp3) is 0.412. The molecule has 0 fully saturated rings. The summed E-state index contributed by atoms with van der Waals surface area (Å²) in [7, 11) is 0. The Hall–Kier alpha value is -1.81. The van der Waals surface area contributed by atoms with Crippen molar-refractivity contribution >= 4 is 23.2 Å². The number of hydrogen-bond acceptors (Lipinski definition) is 4. The summed E-state index contributed by atoms with van der Waals surface area (Å²) in [6.45, 7) is 9.04. The lowest BCUT2D eigenvalue weighted by molar-refractivity contribution is 0.629. The van der Waals surface area contributed by atoms with Gasteiger partial charge >= 0.3 is 0 Å². The zero-order valence-electron chi connectivity index (χ0n) is 13.6. The summed E-state index contributed by atoms with van der Waals surface area (Å²) in [5.74, 6) is 2.44. The Morgan fingerprint density at radius 1 is 1.05 bits per heavy atom. The molecule has 0 aliphatic carbocycles. The highest BCUT2D eigenvalue weighted by Crippen LogP contribution is 2.16. The molecule has 1 heterocycles. The molecule has 0 bridgehead atoms. The van der Waals surface area contributed by atoms with E-state index in [4.69, 9.17) is 11.6 Å². The Kier molecular flexibility index (Phi) is 5.24. The smallest absolute Gasteiger partial charge is 0.132 e. The van der Waals surface area contributed by atoms with E-state index in [-0.39, 0.29) is 5.54 Å². The van der Waals surface area contributed by atoms with Crippen LogP contribution in [0.15, 0.2) is 30.3 Å². The van der Waals surface area contributed by atoms with E-state index in [0.717, 1.165) is 35.4 Å². The number of hydrogen-bond donors (Lipinski definition) is 2. The third-order valence-electron chi connectivity index (χ3n) is 2.97. The van der Waals surface area contributed by atoms with Gasteiger partial charge in [0.2, 0.25) is 0 Å². The number of aryl methyl sites for hydroxylation is 1. The highest BCUT2D eigenvalue weighted by atomic mass is 35.5. The third-order valence-corrected chi connectivity index (χ3v) is 3.23. The van der Waals surface area contributed by atoms with Crippen LogP contribution in [-0.2, 0) is 6.42 Å². The van der Waals surface area contributed by atoms with Gasteiger partial charge < -0.3 is 10.6 Å². The van der Waals surface area contributed by atoms with Crippen LogP contribution in [-0.4, -0.2) is 22.1 Å². The largest absolute Gasteiger partial charge is 0.370 e. The maximum Gasteiger partial charge on any atom is 0.132 e. The van der Waals surface area contributed by atoms with Crippen molar-refractivity contribution in [1.29, 1.82) is 0 Å². The molecule has 0 saturated heterocycles. The summed E-state index contributed by atoms with van der Waals surface area (Å²) < 4.78 is 0. The van der Waals surface area contributed by atoms with Crippen LogP contribution in [0.5, 0.6) is 0 Å². The van der Waals surface area contributed by atoms with Gasteiger partial charge in [-0.25, -0.2) is 9.97 Å². The monoisotopic (exact) mass is 318 g/mol. The first-order valence-corrected chi connectivity index (χ1v) is 7.82. The van der Waals surface area contributed by atoms with Crippen molar-refractivity contribution < 1.29 is 0 Å². The lowest BCUT2D eigenvalue weighted by Crippen LogP contribution is -2.27. The number of rotatable bonds is 5. The molecular formula is C17H23ClN4. The Balaban J connectivity index is 1.96. The number of nitrogens with zero attached hydrogens (tertiary/aromatic N) is 2. The highest BCUT2D eigenvalue weighted by Gasteiger charge is 2.11. The molecule has 2 aromatic rings. The topological polar surface area (TPSA) is 49.8 Å². The van der Waals surface area contributed by atoms with E-state index >= 15 is 0 Å². The van der Waals surface area contributed by atoms with Gasteiger partial charge in [0.05, 0.1) is 0 Å². The zero-order chi connectivity index (χ0) is 16.2. The van der Waals surface area contributed by atoms with Crippen LogP contribution in [0.3, 0.4) is 0 Å². The minimum Gasteiger partial charge on any atom is -0.370 e. The van der Waals surface area contributed by atoms with Crippen molar-refractivity contribution in [3.8, 4) is 0 Å². The van der Waals surface area contributed by atoms with Crippen LogP contribution in [0, 0.1) is 6.92 Å². The molecule has 1 aromatic carbocycles. The average molecular weight is 319 g/mol. The first kappa shape index (κ1) is 16.6. The number of aromatic nitrogens is 2.